The molecule has 0 bridgehead atoms. The van der Waals surface area contributed by atoms with Crippen molar-refractivity contribution in [2.45, 2.75) is 56.5 Å². The van der Waals surface area contributed by atoms with Gasteiger partial charge < -0.3 is 15.4 Å². The zero-order valence-electron chi connectivity index (χ0n) is 13.0. The summed E-state index contributed by atoms with van der Waals surface area (Å²) in [6, 6.07) is 0.0308. The number of piperidine rings is 1. The molecule has 3 saturated heterocycles. The SMILES string of the molecule is O=C(NCC1(N2CCCCC2)CCOCC1)C1CCCN1. The lowest BCUT2D eigenvalue weighted by Gasteiger charge is -2.48. The predicted octanol–water partition coefficient (Wildman–Crippen LogP) is 0.890. The number of nitrogens with zero attached hydrogens (tertiary/aromatic N) is 1. The van der Waals surface area contributed by atoms with E-state index >= 15 is 0 Å². The van der Waals surface area contributed by atoms with E-state index in [1.165, 1.54) is 32.4 Å². The van der Waals surface area contributed by atoms with Crippen LogP contribution in [0.3, 0.4) is 0 Å². The second-order valence-electron chi connectivity index (χ2n) is 6.75. The molecule has 3 aliphatic rings. The van der Waals surface area contributed by atoms with Crippen LogP contribution < -0.4 is 10.6 Å². The lowest BCUT2D eigenvalue weighted by atomic mass is 9.86. The molecule has 3 fully saturated rings. The van der Waals surface area contributed by atoms with Gasteiger partial charge in [0.15, 0.2) is 0 Å². The van der Waals surface area contributed by atoms with E-state index in [2.05, 4.69) is 15.5 Å². The normalized spacial score (nSPS) is 30.2. The Morgan fingerprint density at radius 2 is 1.95 bits per heavy atom. The van der Waals surface area contributed by atoms with Crippen LogP contribution in [0.15, 0.2) is 0 Å². The van der Waals surface area contributed by atoms with Gasteiger partial charge in [0.1, 0.15) is 0 Å². The molecule has 2 N–H and O–H groups in total. The highest BCUT2D eigenvalue weighted by molar-refractivity contribution is 5.82. The number of ether oxygens (including phenoxy) is 1. The van der Waals surface area contributed by atoms with Gasteiger partial charge in [-0.1, -0.05) is 6.42 Å². The van der Waals surface area contributed by atoms with Gasteiger partial charge in [0.2, 0.25) is 5.91 Å². The van der Waals surface area contributed by atoms with Crippen LogP contribution in [0, 0.1) is 0 Å². The van der Waals surface area contributed by atoms with E-state index < -0.39 is 0 Å². The van der Waals surface area contributed by atoms with Crippen LogP contribution in [0.25, 0.3) is 0 Å². The molecule has 3 aliphatic heterocycles. The van der Waals surface area contributed by atoms with Gasteiger partial charge in [-0.25, -0.2) is 0 Å². The molecule has 0 aromatic rings. The standard InChI is InChI=1S/C16H29N3O2/c20-15(14-5-4-8-17-14)18-13-16(6-11-21-12-7-16)19-9-2-1-3-10-19/h14,17H,1-13H2,(H,18,20). The van der Waals surface area contributed by atoms with Crippen LogP contribution in [-0.4, -0.2) is 61.8 Å². The number of carbonyl (C=O) groups is 1. The molecule has 1 atom stereocenters. The first-order valence-corrected chi connectivity index (χ1v) is 8.64. The third kappa shape index (κ3) is 3.58. The molecule has 3 heterocycles. The average Bonchev–Trinajstić information content (AvgIpc) is 3.09. The van der Waals surface area contributed by atoms with Crippen LogP contribution in [0.4, 0.5) is 0 Å². The zero-order valence-corrected chi connectivity index (χ0v) is 13.0. The van der Waals surface area contributed by atoms with E-state index in [0.29, 0.717) is 0 Å². The minimum Gasteiger partial charge on any atom is -0.381 e. The fourth-order valence-corrected chi connectivity index (χ4v) is 4.01. The summed E-state index contributed by atoms with van der Waals surface area (Å²) in [5.74, 6) is 0.190. The van der Waals surface area contributed by atoms with Gasteiger partial charge in [-0.15, -0.1) is 0 Å². The minimum atomic E-state index is 0.0308. The van der Waals surface area contributed by atoms with Crippen LogP contribution in [0.5, 0.6) is 0 Å². The Labute approximate surface area is 127 Å². The zero-order chi connectivity index (χ0) is 14.5. The Hall–Kier alpha value is -0.650. The summed E-state index contributed by atoms with van der Waals surface area (Å²) in [5, 5.41) is 6.52. The van der Waals surface area contributed by atoms with Crippen molar-refractivity contribution in [3.63, 3.8) is 0 Å². The van der Waals surface area contributed by atoms with Gasteiger partial charge in [-0.2, -0.15) is 0 Å². The summed E-state index contributed by atoms with van der Waals surface area (Å²) < 4.78 is 5.57. The number of carbonyl (C=O) groups excluding carboxylic acids is 1. The topological polar surface area (TPSA) is 53.6 Å². The van der Waals surface area contributed by atoms with Gasteiger partial charge in [-0.05, 0) is 58.2 Å². The van der Waals surface area contributed by atoms with Crippen LogP contribution >= 0.6 is 0 Å². The van der Waals surface area contributed by atoms with Crippen molar-refractivity contribution in [1.29, 1.82) is 0 Å². The van der Waals surface area contributed by atoms with Crippen molar-refractivity contribution in [2.75, 3.05) is 39.4 Å². The van der Waals surface area contributed by atoms with Crippen molar-refractivity contribution in [1.82, 2.24) is 15.5 Å². The van der Waals surface area contributed by atoms with E-state index in [1.54, 1.807) is 0 Å². The molecule has 0 spiro atoms. The lowest BCUT2D eigenvalue weighted by molar-refractivity contribution is -0.124. The maximum absolute atomic E-state index is 12.3. The Morgan fingerprint density at radius 1 is 1.19 bits per heavy atom. The van der Waals surface area contributed by atoms with Crippen molar-refractivity contribution >= 4 is 5.91 Å². The highest BCUT2D eigenvalue weighted by atomic mass is 16.5. The van der Waals surface area contributed by atoms with Gasteiger partial charge >= 0.3 is 0 Å². The highest BCUT2D eigenvalue weighted by Crippen LogP contribution is 2.30. The summed E-state index contributed by atoms with van der Waals surface area (Å²) >= 11 is 0. The van der Waals surface area contributed by atoms with Crippen molar-refractivity contribution < 1.29 is 9.53 Å². The van der Waals surface area contributed by atoms with E-state index in [-0.39, 0.29) is 17.5 Å². The predicted molar refractivity (Wildman–Crippen MR) is 82.2 cm³/mol. The first-order chi connectivity index (χ1) is 10.3. The molecule has 120 valence electrons. The molecule has 5 nitrogen and oxygen atoms in total. The lowest BCUT2D eigenvalue weighted by Crippen LogP contribution is -2.60. The molecule has 0 saturated carbocycles. The second kappa shape index (κ2) is 7.07. The monoisotopic (exact) mass is 295 g/mol. The van der Waals surface area contributed by atoms with E-state index in [1.807, 2.05) is 0 Å². The minimum absolute atomic E-state index is 0.0308. The Kier molecular flexibility index (Phi) is 5.14. The Morgan fingerprint density at radius 3 is 2.62 bits per heavy atom. The molecule has 0 aliphatic carbocycles. The van der Waals surface area contributed by atoms with Crippen LogP contribution in [0.2, 0.25) is 0 Å². The van der Waals surface area contributed by atoms with Crippen LogP contribution in [0.1, 0.15) is 44.9 Å². The molecule has 0 aromatic heterocycles. The summed E-state index contributed by atoms with van der Waals surface area (Å²) in [5.41, 5.74) is 0.132. The first-order valence-electron chi connectivity index (χ1n) is 8.64. The van der Waals surface area contributed by atoms with Crippen molar-refractivity contribution in [2.24, 2.45) is 0 Å². The van der Waals surface area contributed by atoms with E-state index in [0.717, 1.165) is 52.0 Å². The molecule has 21 heavy (non-hydrogen) atoms. The highest BCUT2D eigenvalue weighted by Gasteiger charge is 2.39. The Bertz CT molecular complexity index is 343. The largest absolute Gasteiger partial charge is 0.381 e. The van der Waals surface area contributed by atoms with E-state index in [9.17, 15) is 4.79 Å². The fourth-order valence-electron chi connectivity index (χ4n) is 4.01. The summed E-state index contributed by atoms with van der Waals surface area (Å²) in [4.78, 5) is 14.9. The summed E-state index contributed by atoms with van der Waals surface area (Å²) in [6.07, 6.45) is 8.12. The first kappa shape index (κ1) is 15.3. The quantitative estimate of drug-likeness (QED) is 0.809. The van der Waals surface area contributed by atoms with Gasteiger partial charge in [0, 0.05) is 25.3 Å². The maximum Gasteiger partial charge on any atom is 0.237 e. The number of rotatable bonds is 4. The van der Waals surface area contributed by atoms with E-state index in [4.69, 9.17) is 4.74 Å². The van der Waals surface area contributed by atoms with Gasteiger partial charge in [-0.3, -0.25) is 9.69 Å². The van der Waals surface area contributed by atoms with Gasteiger partial charge in [0.25, 0.3) is 0 Å². The third-order valence-electron chi connectivity index (χ3n) is 5.42. The number of hydrogen-bond donors (Lipinski definition) is 2. The molecule has 1 amide bonds. The van der Waals surface area contributed by atoms with Crippen molar-refractivity contribution in [3.8, 4) is 0 Å². The van der Waals surface area contributed by atoms with Crippen molar-refractivity contribution in [3.05, 3.63) is 0 Å². The molecular formula is C16H29N3O2. The smallest absolute Gasteiger partial charge is 0.237 e. The number of amides is 1. The van der Waals surface area contributed by atoms with Gasteiger partial charge in [0.05, 0.1) is 6.04 Å². The third-order valence-corrected chi connectivity index (χ3v) is 5.42. The molecule has 5 heteroatoms. The summed E-state index contributed by atoms with van der Waals surface area (Å²) in [7, 11) is 0. The van der Waals surface area contributed by atoms with Crippen LogP contribution in [-0.2, 0) is 9.53 Å². The fraction of sp³-hybridized carbons (Fsp3) is 0.938. The molecule has 1 unspecified atom stereocenters. The number of hydrogen-bond acceptors (Lipinski definition) is 4. The molecule has 0 radical (unpaired) electrons. The number of nitrogens with one attached hydrogen (secondary N) is 2. The maximum atomic E-state index is 12.3. The molecule has 3 rings (SSSR count). The summed E-state index contributed by atoms with van der Waals surface area (Å²) in [6.45, 7) is 5.77. The Balaban J connectivity index is 1.60. The molecular weight excluding hydrogens is 266 g/mol. The molecule has 0 aromatic carbocycles. The second-order valence-corrected chi connectivity index (χ2v) is 6.75. The average molecular weight is 295 g/mol. The number of likely N-dealkylation sites (tertiary alicyclic amines) is 1.